The lowest BCUT2D eigenvalue weighted by Crippen LogP contribution is -2.24. The number of hydrogen-bond donors (Lipinski definition) is 0. The van der Waals surface area contributed by atoms with Gasteiger partial charge in [0, 0.05) is 11.5 Å². The standard InChI is InChI=1S/C13H18O2/c1-8(2)10-6-5-7-11-12(10)15-13(14-11)9(3)4/h5-9,13H,1-4H3. The van der Waals surface area contributed by atoms with E-state index in [0.717, 1.165) is 11.5 Å². The summed E-state index contributed by atoms with van der Waals surface area (Å²) in [4.78, 5) is 0. The van der Waals surface area contributed by atoms with Gasteiger partial charge in [-0.2, -0.15) is 0 Å². The Morgan fingerprint density at radius 2 is 1.80 bits per heavy atom. The third kappa shape index (κ3) is 1.81. The molecule has 1 heterocycles. The van der Waals surface area contributed by atoms with Crippen LogP contribution >= 0.6 is 0 Å². The predicted octanol–water partition coefficient (Wildman–Crippen LogP) is 3.56. The van der Waals surface area contributed by atoms with E-state index in [1.807, 2.05) is 12.1 Å². The van der Waals surface area contributed by atoms with E-state index in [1.54, 1.807) is 0 Å². The molecule has 0 spiro atoms. The van der Waals surface area contributed by atoms with Gasteiger partial charge in [0.1, 0.15) is 0 Å². The van der Waals surface area contributed by atoms with Crippen LogP contribution < -0.4 is 9.47 Å². The fourth-order valence-corrected chi connectivity index (χ4v) is 1.74. The molecule has 0 aliphatic carbocycles. The Balaban J connectivity index is 2.33. The van der Waals surface area contributed by atoms with Crippen molar-refractivity contribution < 1.29 is 9.47 Å². The topological polar surface area (TPSA) is 18.5 Å². The Hall–Kier alpha value is -1.18. The van der Waals surface area contributed by atoms with Crippen LogP contribution in [0.4, 0.5) is 0 Å². The predicted molar refractivity (Wildman–Crippen MR) is 60.4 cm³/mol. The van der Waals surface area contributed by atoms with Crippen molar-refractivity contribution in [3.8, 4) is 11.5 Å². The van der Waals surface area contributed by atoms with E-state index in [1.165, 1.54) is 5.56 Å². The normalized spacial score (nSPS) is 18.9. The lowest BCUT2D eigenvalue weighted by Gasteiger charge is -2.14. The Morgan fingerprint density at radius 1 is 1.07 bits per heavy atom. The van der Waals surface area contributed by atoms with Crippen molar-refractivity contribution in [1.29, 1.82) is 0 Å². The molecule has 1 unspecified atom stereocenters. The molecular formula is C13H18O2. The highest BCUT2D eigenvalue weighted by molar-refractivity contribution is 5.49. The van der Waals surface area contributed by atoms with Crippen molar-refractivity contribution in [1.82, 2.24) is 0 Å². The highest BCUT2D eigenvalue weighted by Gasteiger charge is 2.29. The Labute approximate surface area is 91.2 Å². The van der Waals surface area contributed by atoms with Gasteiger partial charge in [-0.3, -0.25) is 0 Å². The summed E-state index contributed by atoms with van der Waals surface area (Å²) in [5.74, 6) is 2.66. The first-order chi connectivity index (χ1) is 7.09. The van der Waals surface area contributed by atoms with E-state index in [0.29, 0.717) is 11.8 Å². The summed E-state index contributed by atoms with van der Waals surface area (Å²) in [5, 5.41) is 0. The zero-order chi connectivity index (χ0) is 11.0. The molecule has 0 saturated carbocycles. The van der Waals surface area contributed by atoms with E-state index >= 15 is 0 Å². The smallest absolute Gasteiger partial charge is 0.243 e. The molecule has 1 aliphatic heterocycles. The Bertz CT molecular complexity index is 356. The van der Waals surface area contributed by atoms with Crippen LogP contribution in [0, 0.1) is 5.92 Å². The molecule has 15 heavy (non-hydrogen) atoms. The zero-order valence-electron chi connectivity index (χ0n) is 9.78. The van der Waals surface area contributed by atoms with Gasteiger partial charge in [0.15, 0.2) is 11.5 Å². The van der Waals surface area contributed by atoms with E-state index in [4.69, 9.17) is 9.47 Å². The summed E-state index contributed by atoms with van der Waals surface area (Å²) in [6.45, 7) is 8.54. The number of para-hydroxylation sites is 1. The molecule has 0 bridgehead atoms. The quantitative estimate of drug-likeness (QED) is 0.736. The van der Waals surface area contributed by atoms with Gasteiger partial charge < -0.3 is 9.47 Å². The summed E-state index contributed by atoms with van der Waals surface area (Å²) >= 11 is 0. The lowest BCUT2D eigenvalue weighted by molar-refractivity contribution is 0.00866. The van der Waals surface area contributed by atoms with Crippen LogP contribution in [0.15, 0.2) is 18.2 Å². The SMILES string of the molecule is CC(C)c1cccc2c1OC(C(C)C)O2. The second kappa shape index (κ2) is 3.76. The largest absolute Gasteiger partial charge is 0.451 e. The fraction of sp³-hybridized carbons (Fsp3) is 0.538. The molecule has 0 fully saturated rings. The number of rotatable bonds is 2. The van der Waals surface area contributed by atoms with Crippen LogP contribution in [0.5, 0.6) is 11.5 Å². The van der Waals surface area contributed by atoms with Gasteiger partial charge in [-0.1, -0.05) is 39.8 Å². The molecule has 1 atom stereocenters. The minimum Gasteiger partial charge on any atom is -0.451 e. The van der Waals surface area contributed by atoms with Crippen LogP contribution in [-0.2, 0) is 0 Å². The maximum absolute atomic E-state index is 5.84. The fourth-order valence-electron chi connectivity index (χ4n) is 1.74. The molecule has 2 rings (SSSR count). The average Bonchev–Trinajstić information content (AvgIpc) is 2.60. The zero-order valence-corrected chi connectivity index (χ0v) is 9.78. The number of ether oxygens (including phenoxy) is 2. The van der Waals surface area contributed by atoms with Crippen LogP contribution in [-0.4, -0.2) is 6.29 Å². The lowest BCUT2D eigenvalue weighted by atomic mass is 10.0. The minimum absolute atomic E-state index is 0.125. The molecule has 2 heteroatoms. The van der Waals surface area contributed by atoms with Gasteiger partial charge in [-0.05, 0) is 12.0 Å². The van der Waals surface area contributed by atoms with Gasteiger partial charge >= 0.3 is 0 Å². The van der Waals surface area contributed by atoms with Crippen LogP contribution in [0.25, 0.3) is 0 Å². The van der Waals surface area contributed by atoms with E-state index in [-0.39, 0.29) is 6.29 Å². The minimum atomic E-state index is -0.125. The Kier molecular flexibility index (Phi) is 2.59. The number of hydrogen-bond acceptors (Lipinski definition) is 2. The maximum Gasteiger partial charge on any atom is 0.243 e. The number of benzene rings is 1. The maximum atomic E-state index is 5.84. The molecule has 0 radical (unpaired) electrons. The first-order valence-electron chi connectivity index (χ1n) is 5.56. The third-order valence-electron chi connectivity index (χ3n) is 2.65. The number of fused-ring (bicyclic) bond motifs is 1. The van der Waals surface area contributed by atoms with Crippen molar-refractivity contribution in [3.63, 3.8) is 0 Å². The summed E-state index contributed by atoms with van der Waals surface area (Å²) in [5.41, 5.74) is 1.23. The molecule has 1 aliphatic rings. The van der Waals surface area contributed by atoms with Crippen molar-refractivity contribution in [2.45, 2.75) is 39.9 Å². The van der Waals surface area contributed by atoms with Crippen LogP contribution in [0.2, 0.25) is 0 Å². The van der Waals surface area contributed by atoms with Crippen LogP contribution in [0.1, 0.15) is 39.2 Å². The third-order valence-corrected chi connectivity index (χ3v) is 2.65. The molecule has 1 aromatic carbocycles. The highest BCUT2D eigenvalue weighted by atomic mass is 16.7. The van der Waals surface area contributed by atoms with Gasteiger partial charge in [-0.25, -0.2) is 0 Å². The van der Waals surface area contributed by atoms with Gasteiger partial charge in [-0.15, -0.1) is 0 Å². The van der Waals surface area contributed by atoms with Crippen molar-refractivity contribution in [2.24, 2.45) is 5.92 Å². The second-order valence-electron chi connectivity index (χ2n) is 4.68. The molecule has 2 nitrogen and oxygen atoms in total. The monoisotopic (exact) mass is 206 g/mol. The van der Waals surface area contributed by atoms with E-state index in [2.05, 4.69) is 33.8 Å². The molecule has 0 aromatic heterocycles. The molecule has 0 N–H and O–H groups in total. The van der Waals surface area contributed by atoms with Crippen LogP contribution in [0.3, 0.4) is 0 Å². The first-order valence-corrected chi connectivity index (χ1v) is 5.56. The second-order valence-corrected chi connectivity index (χ2v) is 4.68. The van der Waals surface area contributed by atoms with Gasteiger partial charge in [0.25, 0.3) is 0 Å². The van der Waals surface area contributed by atoms with Crippen molar-refractivity contribution in [3.05, 3.63) is 23.8 Å². The summed E-state index contributed by atoms with van der Waals surface area (Å²) in [6, 6.07) is 6.11. The summed E-state index contributed by atoms with van der Waals surface area (Å²) in [7, 11) is 0. The summed E-state index contributed by atoms with van der Waals surface area (Å²) in [6.07, 6.45) is -0.125. The molecule has 1 aromatic rings. The molecular weight excluding hydrogens is 188 g/mol. The van der Waals surface area contributed by atoms with E-state index in [9.17, 15) is 0 Å². The Morgan fingerprint density at radius 3 is 2.40 bits per heavy atom. The molecule has 0 amide bonds. The van der Waals surface area contributed by atoms with Crippen molar-refractivity contribution in [2.75, 3.05) is 0 Å². The van der Waals surface area contributed by atoms with Gasteiger partial charge in [0.05, 0.1) is 0 Å². The summed E-state index contributed by atoms with van der Waals surface area (Å²) < 4.78 is 11.6. The average molecular weight is 206 g/mol. The molecule has 0 saturated heterocycles. The highest BCUT2D eigenvalue weighted by Crippen LogP contribution is 2.42. The first kappa shape index (κ1) is 10.3. The van der Waals surface area contributed by atoms with Gasteiger partial charge in [0.2, 0.25) is 6.29 Å². The molecule has 82 valence electrons. The van der Waals surface area contributed by atoms with E-state index < -0.39 is 0 Å². The van der Waals surface area contributed by atoms with Crippen molar-refractivity contribution >= 4 is 0 Å².